The summed E-state index contributed by atoms with van der Waals surface area (Å²) in [4.78, 5) is 0. The first-order chi connectivity index (χ1) is 8.72. The van der Waals surface area contributed by atoms with Crippen LogP contribution in [0.5, 0.6) is 0 Å². The van der Waals surface area contributed by atoms with Crippen LogP contribution in [0.15, 0.2) is 54.6 Å². The van der Waals surface area contributed by atoms with Crippen molar-refractivity contribution in [2.75, 3.05) is 0 Å². The van der Waals surface area contributed by atoms with Gasteiger partial charge < -0.3 is 10.8 Å². The molecule has 0 spiro atoms. The van der Waals surface area contributed by atoms with Gasteiger partial charge in [0.25, 0.3) is 0 Å². The van der Waals surface area contributed by atoms with Gasteiger partial charge in [0.15, 0.2) is 0 Å². The molecule has 2 aromatic carbocycles. The number of aryl methyl sites for hydroxylation is 1. The van der Waals surface area contributed by atoms with Gasteiger partial charge in [-0.1, -0.05) is 61.5 Å². The molecule has 0 aliphatic rings. The first kappa shape index (κ1) is 12.8. The summed E-state index contributed by atoms with van der Waals surface area (Å²) < 4.78 is 0. The molecule has 0 aromatic heterocycles. The Balaban J connectivity index is 2.17. The summed E-state index contributed by atoms with van der Waals surface area (Å²) >= 11 is 0. The molecule has 0 heterocycles. The zero-order chi connectivity index (χ0) is 13.0. The minimum Gasteiger partial charge on any atom is -0.386 e. The smallest absolute Gasteiger partial charge is 0.0982 e. The Morgan fingerprint density at radius 3 is 2.11 bits per heavy atom. The maximum Gasteiger partial charge on any atom is 0.0982 e. The third kappa shape index (κ3) is 2.78. The Morgan fingerprint density at radius 2 is 1.56 bits per heavy atom. The zero-order valence-corrected chi connectivity index (χ0v) is 10.6. The van der Waals surface area contributed by atoms with Crippen molar-refractivity contribution in [1.29, 1.82) is 0 Å². The molecular formula is C16H19NO. The van der Waals surface area contributed by atoms with Crippen molar-refractivity contribution in [3.8, 4) is 0 Å². The highest BCUT2D eigenvalue weighted by Crippen LogP contribution is 2.26. The van der Waals surface area contributed by atoms with E-state index in [0.717, 1.165) is 17.5 Å². The van der Waals surface area contributed by atoms with Gasteiger partial charge in [0.1, 0.15) is 0 Å². The Bertz CT molecular complexity index is 478. The SMILES string of the molecule is CCc1ccc(C(O)C(N)c2ccccc2)cc1. The lowest BCUT2D eigenvalue weighted by Gasteiger charge is -2.19. The van der Waals surface area contributed by atoms with Crippen LogP contribution in [-0.2, 0) is 6.42 Å². The van der Waals surface area contributed by atoms with E-state index < -0.39 is 12.1 Å². The maximum atomic E-state index is 10.3. The van der Waals surface area contributed by atoms with E-state index in [-0.39, 0.29) is 0 Å². The first-order valence-electron chi connectivity index (χ1n) is 6.29. The van der Waals surface area contributed by atoms with Crippen LogP contribution < -0.4 is 5.73 Å². The first-order valence-corrected chi connectivity index (χ1v) is 6.29. The molecule has 2 rings (SSSR count). The molecule has 0 saturated heterocycles. The predicted octanol–water partition coefficient (Wildman–Crippen LogP) is 2.98. The van der Waals surface area contributed by atoms with Gasteiger partial charge in [0, 0.05) is 0 Å². The lowest BCUT2D eigenvalue weighted by Crippen LogP contribution is -2.19. The average Bonchev–Trinajstić information content (AvgIpc) is 2.47. The van der Waals surface area contributed by atoms with E-state index in [4.69, 9.17) is 5.73 Å². The van der Waals surface area contributed by atoms with Crippen molar-refractivity contribution >= 4 is 0 Å². The van der Waals surface area contributed by atoms with Crippen LogP contribution in [-0.4, -0.2) is 5.11 Å². The Kier molecular flexibility index (Phi) is 4.13. The van der Waals surface area contributed by atoms with Crippen molar-refractivity contribution in [1.82, 2.24) is 0 Å². The molecular weight excluding hydrogens is 222 g/mol. The van der Waals surface area contributed by atoms with Gasteiger partial charge in [-0.05, 0) is 23.1 Å². The van der Waals surface area contributed by atoms with Gasteiger partial charge in [0.2, 0.25) is 0 Å². The predicted molar refractivity (Wildman–Crippen MR) is 74.2 cm³/mol. The maximum absolute atomic E-state index is 10.3. The van der Waals surface area contributed by atoms with Crippen LogP contribution in [0.1, 0.15) is 35.8 Å². The number of nitrogens with two attached hydrogens (primary N) is 1. The monoisotopic (exact) mass is 241 g/mol. The molecule has 0 saturated carbocycles. The third-order valence-corrected chi connectivity index (χ3v) is 3.25. The van der Waals surface area contributed by atoms with Gasteiger partial charge in [-0.15, -0.1) is 0 Å². The molecule has 0 bridgehead atoms. The minimum absolute atomic E-state index is 0.390. The van der Waals surface area contributed by atoms with Crippen molar-refractivity contribution in [2.45, 2.75) is 25.5 Å². The summed E-state index contributed by atoms with van der Waals surface area (Å²) in [5.74, 6) is 0. The second-order valence-corrected chi connectivity index (χ2v) is 4.48. The largest absolute Gasteiger partial charge is 0.386 e. The molecule has 3 N–H and O–H groups in total. The molecule has 18 heavy (non-hydrogen) atoms. The highest BCUT2D eigenvalue weighted by Gasteiger charge is 2.18. The van der Waals surface area contributed by atoms with Crippen LogP contribution >= 0.6 is 0 Å². The molecule has 0 aliphatic heterocycles. The molecule has 0 amide bonds. The van der Waals surface area contributed by atoms with E-state index in [1.54, 1.807) is 0 Å². The second-order valence-electron chi connectivity index (χ2n) is 4.48. The second kappa shape index (κ2) is 5.80. The number of rotatable bonds is 4. The van der Waals surface area contributed by atoms with E-state index in [0.29, 0.717) is 0 Å². The topological polar surface area (TPSA) is 46.2 Å². The van der Waals surface area contributed by atoms with Crippen molar-refractivity contribution < 1.29 is 5.11 Å². The lowest BCUT2D eigenvalue weighted by atomic mass is 9.96. The number of aliphatic hydroxyl groups excluding tert-OH is 1. The summed E-state index contributed by atoms with van der Waals surface area (Å²) in [6.07, 6.45) is 0.333. The van der Waals surface area contributed by atoms with Gasteiger partial charge in [-0.2, -0.15) is 0 Å². The molecule has 2 nitrogen and oxygen atoms in total. The van der Waals surface area contributed by atoms with E-state index in [1.165, 1.54) is 5.56 Å². The van der Waals surface area contributed by atoms with Crippen molar-refractivity contribution in [3.63, 3.8) is 0 Å². The van der Waals surface area contributed by atoms with Crippen LogP contribution in [0.2, 0.25) is 0 Å². The summed E-state index contributed by atoms with van der Waals surface area (Å²) in [6.45, 7) is 2.11. The molecule has 0 fully saturated rings. The van der Waals surface area contributed by atoms with Crippen LogP contribution in [0.3, 0.4) is 0 Å². The zero-order valence-electron chi connectivity index (χ0n) is 10.6. The third-order valence-electron chi connectivity index (χ3n) is 3.25. The Labute approximate surface area is 108 Å². The summed E-state index contributed by atoms with van der Waals surface area (Å²) in [5, 5.41) is 10.3. The minimum atomic E-state index is -0.668. The molecule has 0 aliphatic carbocycles. The molecule has 2 aromatic rings. The fourth-order valence-electron chi connectivity index (χ4n) is 2.02. The van der Waals surface area contributed by atoms with Crippen molar-refractivity contribution in [2.24, 2.45) is 5.73 Å². The van der Waals surface area contributed by atoms with E-state index >= 15 is 0 Å². The number of hydrogen-bond donors (Lipinski definition) is 2. The van der Waals surface area contributed by atoms with E-state index in [9.17, 15) is 5.11 Å². The highest BCUT2D eigenvalue weighted by atomic mass is 16.3. The highest BCUT2D eigenvalue weighted by molar-refractivity contribution is 5.28. The van der Waals surface area contributed by atoms with Gasteiger partial charge in [-0.25, -0.2) is 0 Å². The standard InChI is InChI=1S/C16H19NO/c1-2-12-8-10-14(11-9-12)16(18)15(17)13-6-4-3-5-7-13/h3-11,15-16,18H,2,17H2,1H3. The number of hydrogen-bond acceptors (Lipinski definition) is 2. The number of benzene rings is 2. The number of aliphatic hydroxyl groups is 1. The fourth-order valence-corrected chi connectivity index (χ4v) is 2.02. The van der Waals surface area contributed by atoms with Crippen LogP contribution in [0.4, 0.5) is 0 Å². The van der Waals surface area contributed by atoms with Gasteiger partial charge in [-0.3, -0.25) is 0 Å². The molecule has 94 valence electrons. The summed E-state index contributed by atoms with van der Waals surface area (Å²) in [5.41, 5.74) is 9.17. The van der Waals surface area contributed by atoms with Crippen molar-refractivity contribution in [3.05, 3.63) is 71.3 Å². The summed E-state index contributed by atoms with van der Waals surface area (Å²) in [7, 11) is 0. The quantitative estimate of drug-likeness (QED) is 0.864. The molecule has 2 unspecified atom stereocenters. The van der Waals surface area contributed by atoms with Gasteiger partial charge >= 0.3 is 0 Å². The van der Waals surface area contributed by atoms with E-state index in [1.807, 2.05) is 54.6 Å². The normalized spacial score (nSPS) is 14.2. The van der Waals surface area contributed by atoms with Crippen LogP contribution in [0, 0.1) is 0 Å². The van der Waals surface area contributed by atoms with E-state index in [2.05, 4.69) is 6.92 Å². The lowest BCUT2D eigenvalue weighted by molar-refractivity contribution is 0.147. The average molecular weight is 241 g/mol. The molecule has 2 atom stereocenters. The molecule has 2 heteroatoms. The Morgan fingerprint density at radius 1 is 0.944 bits per heavy atom. The Hall–Kier alpha value is -1.64. The summed E-state index contributed by atoms with van der Waals surface area (Å²) in [6, 6.07) is 17.3. The van der Waals surface area contributed by atoms with Gasteiger partial charge in [0.05, 0.1) is 12.1 Å². The van der Waals surface area contributed by atoms with Crippen LogP contribution in [0.25, 0.3) is 0 Å². The fraction of sp³-hybridized carbons (Fsp3) is 0.250. The molecule has 0 radical (unpaired) electrons.